The van der Waals surface area contributed by atoms with Gasteiger partial charge in [0.1, 0.15) is 0 Å². The maximum absolute atomic E-state index is 13.6. The first-order valence-electron chi connectivity index (χ1n) is 11.5. The number of morpholine rings is 1. The summed E-state index contributed by atoms with van der Waals surface area (Å²) in [7, 11) is 4.77. The molecule has 2 aromatic rings. The first-order chi connectivity index (χ1) is 16.4. The molecule has 2 aliphatic rings. The molecule has 0 aromatic heterocycles. The third-order valence-electron chi connectivity index (χ3n) is 6.53. The fraction of sp³-hybridized carbons (Fsp3) is 0.462. The molecule has 1 atom stereocenters. The Morgan fingerprint density at radius 1 is 1.06 bits per heavy atom. The van der Waals surface area contributed by atoms with E-state index in [9.17, 15) is 9.59 Å². The molecule has 0 bridgehead atoms. The average Bonchev–Trinajstić information content (AvgIpc) is 3.04. The summed E-state index contributed by atoms with van der Waals surface area (Å²) in [4.78, 5) is 27.8. The molecule has 1 aliphatic heterocycles. The molecule has 2 aromatic carbocycles. The Hall–Kier alpha value is -3.26. The fourth-order valence-electron chi connectivity index (χ4n) is 5.10. The Balaban J connectivity index is 2.06. The Bertz CT molecular complexity index is 1160. The number of anilines is 1. The summed E-state index contributed by atoms with van der Waals surface area (Å²) < 4.78 is 22.6. The van der Waals surface area contributed by atoms with Crippen molar-refractivity contribution < 1.29 is 23.7 Å². The van der Waals surface area contributed by atoms with E-state index in [1.807, 2.05) is 19.1 Å². The lowest BCUT2D eigenvalue weighted by Gasteiger charge is -2.28. The van der Waals surface area contributed by atoms with Crippen LogP contribution in [-0.2, 0) is 16.0 Å². The van der Waals surface area contributed by atoms with E-state index in [0.717, 1.165) is 27.8 Å². The van der Waals surface area contributed by atoms with Crippen LogP contribution in [0, 0.1) is 6.92 Å². The largest absolute Gasteiger partial charge is 0.493 e. The SMILES string of the molecule is COc1cc2c(c(OC)c1OC)-c1cc(C)c(N3CCOCC3)c(=O)cc1[C@@H](NC(C)=O)CC2. The van der Waals surface area contributed by atoms with Gasteiger partial charge in [0.15, 0.2) is 11.5 Å². The van der Waals surface area contributed by atoms with E-state index in [4.69, 9.17) is 18.9 Å². The van der Waals surface area contributed by atoms with Crippen molar-refractivity contribution in [2.24, 2.45) is 0 Å². The van der Waals surface area contributed by atoms with Crippen LogP contribution in [-0.4, -0.2) is 53.5 Å². The van der Waals surface area contributed by atoms with E-state index < -0.39 is 0 Å². The zero-order chi connectivity index (χ0) is 24.4. The topological polar surface area (TPSA) is 86.3 Å². The van der Waals surface area contributed by atoms with Crippen LogP contribution in [0.4, 0.5) is 5.69 Å². The van der Waals surface area contributed by atoms with Gasteiger partial charge in [0.2, 0.25) is 17.1 Å². The number of amides is 1. The van der Waals surface area contributed by atoms with Crippen molar-refractivity contribution in [1.29, 1.82) is 0 Å². The van der Waals surface area contributed by atoms with Gasteiger partial charge in [-0.25, -0.2) is 0 Å². The van der Waals surface area contributed by atoms with Crippen molar-refractivity contribution in [3.8, 4) is 28.4 Å². The molecule has 4 rings (SSSR count). The summed E-state index contributed by atoms with van der Waals surface area (Å²) in [6.07, 6.45) is 1.30. The standard InChI is InChI=1S/C26H32N2O6/c1-15-12-19-18(14-21(30)24(15)28-8-10-34-11-9-28)20(27-16(2)29)7-6-17-13-22(31-3)25(32-4)26(33-5)23(17)19/h12-14,20H,6-11H2,1-5H3,(H,27,29)/t20-/m0/s1. The number of rotatable bonds is 5. The Morgan fingerprint density at radius 3 is 2.38 bits per heavy atom. The molecule has 0 unspecified atom stereocenters. The number of nitrogens with one attached hydrogen (secondary N) is 1. The number of hydrogen-bond donors (Lipinski definition) is 1. The zero-order valence-corrected chi connectivity index (χ0v) is 20.4. The van der Waals surface area contributed by atoms with Gasteiger partial charge in [0, 0.05) is 25.6 Å². The lowest BCUT2D eigenvalue weighted by Crippen LogP contribution is -2.39. The second kappa shape index (κ2) is 9.93. The van der Waals surface area contributed by atoms with Crippen molar-refractivity contribution in [3.05, 3.63) is 45.1 Å². The molecule has 34 heavy (non-hydrogen) atoms. The molecule has 182 valence electrons. The number of carbonyl (C=O) groups is 1. The van der Waals surface area contributed by atoms with E-state index in [-0.39, 0.29) is 17.4 Å². The summed E-state index contributed by atoms with van der Waals surface area (Å²) in [5.74, 6) is 1.47. The minimum atomic E-state index is -0.321. The predicted molar refractivity (Wildman–Crippen MR) is 130 cm³/mol. The minimum Gasteiger partial charge on any atom is -0.493 e. The van der Waals surface area contributed by atoms with Crippen LogP contribution >= 0.6 is 0 Å². The van der Waals surface area contributed by atoms with E-state index in [0.29, 0.717) is 62.1 Å². The number of ether oxygens (including phenoxy) is 4. The van der Waals surface area contributed by atoms with Crippen molar-refractivity contribution in [2.45, 2.75) is 32.7 Å². The van der Waals surface area contributed by atoms with Gasteiger partial charge in [-0.1, -0.05) is 0 Å². The molecule has 1 amide bonds. The number of carbonyl (C=O) groups excluding carboxylic acids is 1. The van der Waals surface area contributed by atoms with Gasteiger partial charge in [-0.15, -0.1) is 0 Å². The lowest BCUT2D eigenvalue weighted by molar-refractivity contribution is -0.119. The van der Waals surface area contributed by atoms with E-state index >= 15 is 0 Å². The molecular weight excluding hydrogens is 436 g/mol. The van der Waals surface area contributed by atoms with Crippen LogP contribution in [0.1, 0.15) is 36.1 Å². The summed E-state index contributed by atoms with van der Waals surface area (Å²) in [6.45, 7) is 5.93. The number of hydrogen-bond acceptors (Lipinski definition) is 7. The quantitative estimate of drug-likeness (QED) is 0.722. The second-order valence-corrected chi connectivity index (χ2v) is 8.62. The van der Waals surface area contributed by atoms with Crippen LogP contribution in [0.2, 0.25) is 0 Å². The Kier molecular flexibility index (Phi) is 6.97. The average molecular weight is 469 g/mol. The molecule has 0 radical (unpaired) electrons. The smallest absolute Gasteiger partial charge is 0.217 e. The fourth-order valence-corrected chi connectivity index (χ4v) is 5.10. The highest BCUT2D eigenvalue weighted by Gasteiger charge is 2.30. The molecule has 1 heterocycles. The van der Waals surface area contributed by atoms with Gasteiger partial charge in [0.25, 0.3) is 0 Å². The molecular formula is C26H32N2O6. The second-order valence-electron chi connectivity index (χ2n) is 8.62. The minimum absolute atomic E-state index is 0.0705. The molecule has 1 fully saturated rings. The third kappa shape index (κ3) is 4.30. The Morgan fingerprint density at radius 2 is 1.76 bits per heavy atom. The highest BCUT2D eigenvalue weighted by atomic mass is 16.5. The highest BCUT2D eigenvalue weighted by Crippen LogP contribution is 2.50. The Labute approximate surface area is 199 Å². The normalized spacial score (nSPS) is 17.2. The van der Waals surface area contributed by atoms with Gasteiger partial charge in [-0.2, -0.15) is 0 Å². The van der Waals surface area contributed by atoms with Crippen LogP contribution in [0.15, 0.2) is 23.0 Å². The van der Waals surface area contributed by atoms with Crippen LogP contribution in [0.5, 0.6) is 17.2 Å². The van der Waals surface area contributed by atoms with Crippen molar-refractivity contribution >= 4 is 11.6 Å². The maximum atomic E-state index is 13.6. The van der Waals surface area contributed by atoms with Crippen LogP contribution in [0.25, 0.3) is 11.1 Å². The van der Waals surface area contributed by atoms with E-state index in [1.54, 1.807) is 27.4 Å². The number of benzene rings is 1. The van der Waals surface area contributed by atoms with Gasteiger partial charge in [-0.3, -0.25) is 9.59 Å². The number of fused-ring (bicyclic) bond motifs is 3. The molecule has 0 spiro atoms. The number of nitrogens with zero attached hydrogens (tertiary/aromatic N) is 1. The molecule has 8 nitrogen and oxygen atoms in total. The number of methoxy groups -OCH3 is 3. The lowest BCUT2D eigenvalue weighted by atomic mass is 9.95. The van der Waals surface area contributed by atoms with E-state index in [1.165, 1.54) is 6.92 Å². The van der Waals surface area contributed by atoms with Gasteiger partial charge < -0.3 is 29.2 Å². The highest BCUT2D eigenvalue weighted by molar-refractivity contribution is 5.84. The van der Waals surface area contributed by atoms with Crippen LogP contribution in [0.3, 0.4) is 0 Å². The summed E-state index contributed by atoms with van der Waals surface area (Å²) >= 11 is 0. The maximum Gasteiger partial charge on any atom is 0.217 e. The third-order valence-corrected chi connectivity index (χ3v) is 6.53. The predicted octanol–water partition coefficient (Wildman–Crippen LogP) is 3.01. The van der Waals surface area contributed by atoms with Crippen molar-refractivity contribution in [2.75, 3.05) is 52.5 Å². The molecule has 8 heteroatoms. The molecule has 1 N–H and O–H groups in total. The number of aryl methyl sites for hydroxylation is 2. The summed E-state index contributed by atoms with van der Waals surface area (Å²) in [5, 5.41) is 3.05. The molecule has 1 aliphatic carbocycles. The summed E-state index contributed by atoms with van der Waals surface area (Å²) in [6, 6.07) is 5.35. The van der Waals surface area contributed by atoms with Crippen LogP contribution < -0.4 is 29.9 Å². The summed E-state index contributed by atoms with van der Waals surface area (Å²) in [5.41, 5.74) is 4.94. The first kappa shape index (κ1) is 23.9. The molecule has 0 saturated carbocycles. The van der Waals surface area contributed by atoms with Gasteiger partial charge in [-0.05, 0) is 60.2 Å². The van der Waals surface area contributed by atoms with Crippen molar-refractivity contribution in [3.63, 3.8) is 0 Å². The van der Waals surface area contributed by atoms with E-state index in [2.05, 4.69) is 10.2 Å². The van der Waals surface area contributed by atoms with Crippen molar-refractivity contribution in [1.82, 2.24) is 5.32 Å². The molecule has 1 saturated heterocycles. The monoisotopic (exact) mass is 468 g/mol. The first-order valence-corrected chi connectivity index (χ1v) is 11.5. The van der Waals surface area contributed by atoms with Gasteiger partial charge in [0.05, 0.1) is 46.3 Å². The van der Waals surface area contributed by atoms with Gasteiger partial charge >= 0.3 is 0 Å². The zero-order valence-electron chi connectivity index (χ0n) is 20.4.